The molecule has 0 saturated heterocycles. The summed E-state index contributed by atoms with van der Waals surface area (Å²) < 4.78 is 41.7. The molecule has 1 aromatic carbocycles. The Labute approximate surface area is 124 Å². The number of carbonyl (C=O) groups is 1. The zero-order valence-electron chi connectivity index (χ0n) is 11.4. The lowest BCUT2D eigenvalue weighted by atomic mass is 10.0. The highest BCUT2D eigenvalue weighted by atomic mass is 32.1. The Morgan fingerprint density at radius 2 is 2.05 bits per heavy atom. The van der Waals surface area contributed by atoms with Gasteiger partial charge in [0.05, 0.1) is 11.3 Å². The summed E-state index contributed by atoms with van der Waals surface area (Å²) in [6, 6.07) is 4.81. The van der Waals surface area contributed by atoms with Gasteiger partial charge in [-0.05, 0) is 29.1 Å². The second kappa shape index (κ2) is 5.93. The van der Waals surface area contributed by atoms with Crippen molar-refractivity contribution in [3.8, 4) is 0 Å². The first-order valence-electron chi connectivity index (χ1n) is 6.30. The van der Waals surface area contributed by atoms with Gasteiger partial charge in [0.1, 0.15) is 4.88 Å². The van der Waals surface area contributed by atoms with Gasteiger partial charge in [0.2, 0.25) is 0 Å². The summed E-state index contributed by atoms with van der Waals surface area (Å²) in [6.45, 7) is 3.77. The average Bonchev–Trinajstić information content (AvgIpc) is 2.87. The van der Waals surface area contributed by atoms with E-state index in [4.69, 9.17) is 0 Å². The Hall–Kier alpha value is -1.76. The lowest BCUT2D eigenvalue weighted by Gasteiger charge is -2.08. The Balaban J connectivity index is 2.22. The highest BCUT2D eigenvalue weighted by Gasteiger charge is 2.30. The van der Waals surface area contributed by atoms with Crippen molar-refractivity contribution in [2.45, 2.75) is 32.4 Å². The number of Topliss-reactive ketones (excluding diaryl/α,β-unsaturated/α-hetero) is 1. The normalized spacial score (nSPS) is 11.9. The Morgan fingerprint density at radius 3 is 2.67 bits per heavy atom. The smallest absolute Gasteiger partial charge is 0.293 e. The van der Waals surface area contributed by atoms with Gasteiger partial charge in [0, 0.05) is 6.42 Å². The first-order chi connectivity index (χ1) is 9.79. The summed E-state index contributed by atoms with van der Waals surface area (Å²) in [7, 11) is 0. The van der Waals surface area contributed by atoms with Crippen molar-refractivity contribution in [1.82, 2.24) is 9.59 Å². The lowest BCUT2D eigenvalue weighted by molar-refractivity contribution is -0.137. The van der Waals surface area contributed by atoms with E-state index in [-0.39, 0.29) is 18.1 Å². The molecule has 3 nitrogen and oxygen atoms in total. The molecule has 112 valence electrons. The monoisotopic (exact) mass is 314 g/mol. The van der Waals surface area contributed by atoms with Gasteiger partial charge in [-0.25, -0.2) is 0 Å². The molecular formula is C14H13F3N2OS. The van der Waals surface area contributed by atoms with Crippen LogP contribution in [0.3, 0.4) is 0 Å². The molecule has 0 aliphatic heterocycles. The largest absolute Gasteiger partial charge is 0.416 e. The zero-order valence-corrected chi connectivity index (χ0v) is 12.3. The van der Waals surface area contributed by atoms with Crippen molar-refractivity contribution >= 4 is 17.3 Å². The number of benzene rings is 1. The van der Waals surface area contributed by atoms with E-state index in [1.165, 1.54) is 12.1 Å². The third kappa shape index (κ3) is 3.66. The topological polar surface area (TPSA) is 42.9 Å². The van der Waals surface area contributed by atoms with Crippen LogP contribution in [0.2, 0.25) is 0 Å². The fourth-order valence-corrected chi connectivity index (χ4v) is 2.65. The zero-order chi connectivity index (χ0) is 15.6. The van der Waals surface area contributed by atoms with E-state index in [9.17, 15) is 18.0 Å². The SMILES string of the molecule is CC(C)c1nnsc1C(=O)Cc1cccc(C(F)(F)F)c1. The van der Waals surface area contributed by atoms with Gasteiger partial charge >= 0.3 is 6.18 Å². The average molecular weight is 314 g/mol. The van der Waals surface area contributed by atoms with E-state index >= 15 is 0 Å². The van der Waals surface area contributed by atoms with Crippen LogP contribution >= 0.6 is 11.5 Å². The van der Waals surface area contributed by atoms with Gasteiger partial charge < -0.3 is 0 Å². The van der Waals surface area contributed by atoms with Crippen molar-refractivity contribution in [3.05, 3.63) is 46.0 Å². The number of ketones is 1. The van der Waals surface area contributed by atoms with E-state index in [1.807, 2.05) is 13.8 Å². The molecule has 0 spiro atoms. The summed E-state index contributed by atoms with van der Waals surface area (Å²) in [5.41, 5.74) is 0.175. The highest BCUT2D eigenvalue weighted by Crippen LogP contribution is 2.30. The van der Waals surface area contributed by atoms with Crippen molar-refractivity contribution in [3.63, 3.8) is 0 Å². The maximum atomic E-state index is 12.6. The van der Waals surface area contributed by atoms with Crippen LogP contribution in [-0.4, -0.2) is 15.4 Å². The molecule has 0 bridgehead atoms. The summed E-state index contributed by atoms with van der Waals surface area (Å²) >= 11 is 0.982. The van der Waals surface area contributed by atoms with Crippen LogP contribution in [0.1, 0.15) is 46.3 Å². The number of aromatic nitrogens is 2. The second-order valence-corrected chi connectivity index (χ2v) is 5.69. The maximum Gasteiger partial charge on any atom is 0.416 e. The third-order valence-corrected chi connectivity index (χ3v) is 3.72. The summed E-state index contributed by atoms with van der Waals surface area (Å²) in [4.78, 5) is 12.6. The van der Waals surface area contributed by atoms with Gasteiger partial charge in [0.15, 0.2) is 5.78 Å². The Kier molecular flexibility index (Phi) is 4.41. The molecule has 2 aromatic rings. The first-order valence-corrected chi connectivity index (χ1v) is 7.08. The molecule has 0 atom stereocenters. The van der Waals surface area contributed by atoms with Gasteiger partial charge in [0.25, 0.3) is 0 Å². The van der Waals surface area contributed by atoms with E-state index in [1.54, 1.807) is 0 Å². The molecular weight excluding hydrogens is 301 g/mol. The highest BCUT2D eigenvalue weighted by molar-refractivity contribution is 7.08. The molecule has 0 unspecified atom stereocenters. The number of hydrogen-bond donors (Lipinski definition) is 0. The molecule has 0 saturated carbocycles. The van der Waals surface area contributed by atoms with E-state index in [0.29, 0.717) is 16.1 Å². The minimum absolute atomic E-state index is 0.0456. The fraction of sp³-hybridized carbons (Fsp3) is 0.357. The van der Waals surface area contributed by atoms with Crippen LogP contribution in [0.25, 0.3) is 0 Å². The predicted molar refractivity (Wildman–Crippen MR) is 73.5 cm³/mol. The van der Waals surface area contributed by atoms with Gasteiger partial charge in [-0.15, -0.1) is 5.10 Å². The molecule has 21 heavy (non-hydrogen) atoms. The number of alkyl halides is 3. The molecule has 1 heterocycles. The molecule has 0 fully saturated rings. The molecule has 2 rings (SSSR count). The van der Waals surface area contributed by atoms with Crippen molar-refractivity contribution in [2.24, 2.45) is 0 Å². The van der Waals surface area contributed by atoms with Crippen molar-refractivity contribution in [1.29, 1.82) is 0 Å². The summed E-state index contributed by atoms with van der Waals surface area (Å²) in [5.74, 6) is -0.211. The minimum Gasteiger partial charge on any atom is -0.293 e. The number of nitrogens with zero attached hydrogens (tertiary/aromatic N) is 2. The molecule has 0 aliphatic carbocycles. The standard InChI is InChI=1S/C14H13F3N2OS/c1-8(2)12-13(21-19-18-12)11(20)7-9-4-3-5-10(6-9)14(15,16)17/h3-6,8H,7H2,1-2H3. The number of carbonyl (C=O) groups excluding carboxylic acids is 1. The van der Waals surface area contributed by atoms with E-state index < -0.39 is 11.7 Å². The van der Waals surface area contributed by atoms with Crippen molar-refractivity contribution in [2.75, 3.05) is 0 Å². The number of hydrogen-bond acceptors (Lipinski definition) is 4. The van der Waals surface area contributed by atoms with E-state index in [2.05, 4.69) is 9.59 Å². The van der Waals surface area contributed by atoms with Crippen LogP contribution in [0.5, 0.6) is 0 Å². The van der Waals surface area contributed by atoms with Crippen LogP contribution < -0.4 is 0 Å². The number of halogens is 3. The van der Waals surface area contributed by atoms with Crippen LogP contribution in [0.4, 0.5) is 13.2 Å². The Morgan fingerprint density at radius 1 is 1.33 bits per heavy atom. The summed E-state index contributed by atoms with van der Waals surface area (Å²) in [6.07, 6.45) is -4.50. The second-order valence-electron chi connectivity index (χ2n) is 4.94. The molecule has 0 amide bonds. The van der Waals surface area contributed by atoms with Crippen molar-refractivity contribution < 1.29 is 18.0 Å². The van der Waals surface area contributed by atoms with Crippen LogP contribution in [-0.2, 0) is 12.6 Å². The van der Waals surface area contributed by atoms with E-state index in [0.717, 1.165) is 23.7 Å². The quantitative estimate of drug-likeness (QED) is 0.798. The third-order valence-electron chi connectivity index (χ3n) is 2.93. The first kappa shape index (κ1) is 15.6. The van der Waals surface area contributed by atoms with Crippen LogP contribution in [0, 0.1) is 0 Å². The number of rotatable bonds is 4. The summed E-state index contributed by atoms with van der Waals surface area (Å²) in [5, 5.41) is 3.90. The minimum atomic E-state index is -4.41. The van der Waals surface area contributed by atoms with Gasteiger partial charge in [-0.2, -0.15) is 13.2 Å². The molecule has 7 heteroatoms. The maximum absolute atomic E-state index is 12.6. The van der Waals surface area contributed by atoms with Crippen LogP contribution in [0.15, 0.2) is 24.3 Å². The predicted octanol–water partition coefficient (Wildman–Crippen LogP) is 4.11. The molecule has 0 N–H and O–H groups in total. The lowest BCUT2D eigenvalue weighted by Crippen LogP contribution is -2.08. The van der Waals surface area contributed by atoms with Gasteiger partial charge in [-0.3, -0.25) is 4.79 Å². The Bertz CT molecular complexity index is 650. The molecule has 0 radical (unpaired) electrons. The molecule has 0 aliphatic rings. The van der Waals surface area contributed by atoms with Gasteiger partial charge in [-0.1, -0.05) is 36.5 Å². The fourth-order valence-electron chi connectivity index (χ4n) is 1.89. The molecule has 1 aromatic heterocycles.